The molecule has 0 fully saturated rings. The van der Waals surface area contributed by atoms with Crippen molar-refractivity contribution in [1.82, 2.24) is 9.97 Å². The van der Waals surface area contributed by atoms with Gasteiger partial charge in [-0.15, -0.1) is 0 Å². The van der Waals surface area contributed by atoms with Crippen molar-refractivity contribution in [3.63, 3.8) is 0 Å². The lowest BCUT2D eigenvalue weighted by atomic mass is 9.87. The summed E-state index contributed by atoms with van der Waals surface area (Å²) in [6, 6.07) is 13.0. The van der Waals surface area contributed by atoms with E-state index in [1.54, 1.807) is 24.4 Å². The first-order valence-electron chi connectivity index (χ1n) is 7.97. The molecular formula is C19H21N3O2S. The van der Waals surface area contributed by atoms with Gasteiger partial charge in [0.2, 0.25) is 5.95 Å². The molecule has 25 heavy (non-hydrogen) atoms. The molecule has 3 aromatic rings. The van der Waals surface area contributed by atoms with Crippen LogP contribution in [0, 0.1) is 0 Å². The molecule has 0 saturated heterocycles. The molecule has 1 aromatic heterocycles. The highest BCUT2D eigenvalue weighted by molar-refractivity contribution is 7.90. The number of sulfone groups is 1. The first-order chi connectivity index (χ1) is 11.6. The monoisotopic (exact) mass is 355 g/mol. The predicted octanol–water partition coefficient (Wildman–Crippen LogP) is 4.07. The van der Waals surface area contributed by atoms with Gasteiger partial charge in [0.15, 0.2) is 9.84 Å². The summed E-state index contributed by atoms with van der Waals surface area (Å²) < 4.78 is 23.3. The van der Waals surface area contributed by atoms with E-state index < -0.39 is 9.84 Å². The molecule has 0 aliphatic rings. The normalized spacial score (nSPS) is 12.3. The second-order valence-corrected chi connectivity index (χ2v) is 9.15. The van der Waals surface area contributed by atoms with Crippen molar-refractivity contribution in [2.24, 2.45) is 0 Å². The number of hydrogen-bond acceptors (Lipinski definition) is 5. The zero-order chi connectivity index (χ0) is 18.2. The Kier molecular flexibility index (Phi) is 4.24. The molecule has 5 nitrogen and oxygen atoms in total. The quantitative estimate of drug-likeness (QED) is 0.766. The Labute approximate surface area is 148 Å². The van der Waals surface area contributed by atoms with Gasteiger partial charge in [0.25, 0.3) is 0 Å². The fraction of sp³-hybridized carbons (Fsp3) is 0.263. The highest BCUT2D eigenvalue weighted by Gasteiger charge is 2.13. The van der Waals surface area contributed by atoms with E-state index in [-0.39, 0.29) is 10.3 Å². The van der Waals surface area contributed by atoms with Gasteiger partial charge in [-0.25, -0.2) is 18.4 Å². The van der Waals surface area contributed by atoms with Crippen LogP contribution in [0.15, 0.2) is 53.6 Å². The van der Waals surface area contributed by atoms with Gasteiger partial charge in [0.1, 0.15) is 0 Å². The third kappa shape index (κ3) is 3.96. The number of rotatable bonds is 3. The molecular weight excluding hydrogens is 334 g/mol. The van der Waals surface area contributed by atoms with E-state index in [0.29, 0.717) is 16.9 Å². The Hall–Kier alpha value is -2.47. The minimum Gasteiger partial charge on any atom is -0.324 e. The van der Waals surface area contributed by atoms with E-state index in [4.69, 9.17) is 0 Å². The Morgan fingerprint density at radius 2 is 1.68 bits per heavy atom. The number of hydrogen-bond donors (Lipinski definition) is 1. The van der Waals surface area contributed by atoms with E-state index >= 15 is 0 Å². The number of benzene rings is 2. The fourth-order valence-corrected chi connectivity index (χ4v) is 3.14. The smallest absolute Gasteiger partial charge is 0.227 e. The lowest BCUT2D eigenvalue weighted by molar-refractivity contribution is 0.590. The first-order valence-corrected chi connectivity index (χ1v) is 9.86. The largest absolute Gasteiger partial charge is 0.324 e. The maximum Gasteiger partial charge on any atom is 0.227 e. The molecule has 0 unspecified atom stereocenters. The molecule has 0 saturated carbocycles. The van der Waals surface area contributed by atoms with Crippen LogP contribution in [0.3, 0.4) is 0 Å². The third-order valence-electron chi connectivity index (χ3n) is 3.99. The molecule has 0 amide bonds. The van der Waals surface area contributed by atoms with Crippen LogP contribution >= 0.6 is 0 Å². The molecule has 2 aromatic carbocycles. The summed E-state index contributed by atoms with van der Waals surface area (Å²) in [6.45, 7) is 6.52. The van der Waals surface area contributed by atoms with Crippen LogP contribution in [-0.4, -0.2) is 24.6 Å². The van der Waals surface area contributed by atoms with Gasteiger partial charge < -0.3 is 5.32 Å². The summed E-state index contributed by atoms with van der Waals surface area (Å²) in [4.78, 5) is 8.99. The van der Waals surface area contributed by atoms with E-state index in [1.165, 1.54) is 11.8 Å². The van der Waals surface area contributed by atoms with Crippen molar-refractivity contribution in [3.05, 3.63) is 54.2 Å². The van der Waals surface area contributed by atoms with Gasteiger partial charge in [-0.1, -0.05) is 32.9 Å². The second kappa shape index (κ2) is 6.11. The summed E-state index contributed by atoms with van der Waals surface area (Å²) in [5, 5.41) is 3.87. The maximum absolute atomic E-state index is 11.6. The van der Waals surface area contributed by atoms with Crippen molar-refractivity contribution < 1.29 is 8.42 Å². The van der Waals surface area contributed by atoms with Gasteiger partial charge in [-0.2, -0.15) is 0 Å². The van der Waals surface area contributed by atoms with Crippen LogP contribution in [0.1, 0.15) is 26.3 Å². The Balaban J connectivity index is 1.87. The molecule has 0 aliphatic heterocycles. The van der Waals surface area contributed by atoms with Crippen LogP contribution in [-0.2, 0) is 15.3 Å². The molecule has 0 aliphatic carbocycles. The molecule has 1 N–H and O–H groups in total. The highest BCUT2D eigenvalue weighted by atomic mass is 32.2. The van der Waals surface area contributed by atoms with Crippen LogP contribution < -0.4 is 5.32 Å². The average molecular weight is 355 g/mol. The molecule has 0 atom stereocenters. The van der Waals surface area contributed by atoms with Crippen LogP contribution in [0.25, 0.3) is 10.9 Å². The van der Waals surface area contributed by atoms with Crippen molar-refractivity contribution in [2.75, 3.05) is 11.6 Å². The molecule has 1 heterocycles. The Morgan fingerprint density at radius 1 is 1.00 bits per heavy atom. The Bertz CT molecular complexity index is 1020. The van der Waals surface area contributed by atoms with E-state index in [9.17, 15) is 8.42 Å². The standard InChI is InChI=1S/C19H21N3O2S/c1-19(2,3)14-5-7-15(8-6-14)21-18-20-12-13-11-16(25(4,23)24)9-10-17(13)22-18/h5-12H,1-4H3,(H,20,21,22). The summed E-state index contributed by atoms with van der Waals surface area (Å²) in [6.07, 6.45) is 2.81. The lowest BCUT2D eigenvalue weighted by Gasteiger charge is -2.19. The summed E-state index contributed by atoms with van der Waals surface area (Å²) in [5.74, 6) is 0.475. The summed E-state index contributed by atoms with van der Waals surface area (Å²) >= 11 is 0. The third-order valence-corrected chi connectivity index (χ3v) is 5.10. The molecule has 0 spiro atoms. The summed E-state index contributed by atoms with van der Waals surface area (Å²) in [5.41, 5.74) is 2.96. The number of nitrogens with one attached hydrogen (secondary N) is 1. The molecule has 3 rings (SSSR count). The van der Waals surface area contributed by atoms with Crippen molar-refractivity contribution >= 4 is 32.4 Å². The van der Waals surface area contributed by atoms with Crippen LogP contribution in [0.4, 0.5) is 11.6 Å². The zero-order valence-corrected chi connectivity index (χ0v) is 15.6. The van der Waals surface area contributed by atoms with Gasteiger partial charge in [0, 0.05) is 23.5 Å². The van der Waals surface area contributed by atoms with Crippen LogP contribution in [0.5, 0.6) is 0 Å². The summed E-state index contributed by atoms with van der Waals surface area (Å²) in [7, 11) is -3.24. The lowest BCUT2D eigenvalue weighted by Crippen LogP contribution is -2.10. The highest BCUT2D eigenvalue weighted by Crippen LogP contribution is 2.25. The average Bonchev–Trinajstić information content (AvgIpc) is 2.53. The van der Waals surface area contributed by atoms with Crippen LogP contribution in [0.2, 0.25) is 0 Å². The second-order valence-electron chi connectivity index (χ2n) is 7.14. The zero-order valence-electron chi connectivity index (χ0n) is 14.7. The molecule has 0 bridgehead atoms. The minimum absolute atomic E-state index is 0.106. The van der Waals surface area contributed by atoms with Gasteiger partial charge in [-0.05, 0) is 41.3 Å². The number of anilines is 2. The van der Waals surface area contributed by atoms with E-state index in [0.717, 1.165) is 5.69 Å². The van der Waals surface area contributed by atoms with E-state index in [2.05, 4.69) is 48.2 Å². The van der Waals surface area contributed by atoms with Gasteiger partial charge in [-0.3, -0.25) is 0 Å². The maximum atomic E-state index is 11.6. The van der Waals surface area contributed by atoms with E-state index in [1.807, 2.05) is 12.1 Å². The van der Waals surface area contributed by atoms with Gasteiger partial charge in [0.05, 0.1) is 10.4 Å². The first kappa shape index (κ1) is 17.4. The predicted molar refractivity (Wildman–Crippen MR) is 101 cm³/mol. The van der Waals surface area contributed by atoms with Gasteiger partial charge >= 0.3 is 0 Å². The number of nitrogens with zero attached hydrogens (tertiary/aromatic N) is 2. The number of fused-ring (bicyclic) bond motifs is 1. The Morgan fingerprint density at radius 3 is 2.28 bits per heavy atom. The number of aromatic nitrogens is 2. The van der Waals surface area contributed by atoms with Crippen molar-refractivity contribution in [1.29, 1.82) is 0 Å². The SMILES string of the molecule is CC(C)(C)c1ccc(Nc2ncc3cc(S(C)(=O)=O)ccc3n2)cc1. The minimum atomic E-state index is -3.24. The van der Waals surface area contributed by atoms with Crippen molar-refractivity contribution in [2.45, 2.75) is 31.1 Å². The topological polar surface area (TPSA) is 72.0 Å². The molecule has 6 heteroatoms. The molecule has 130 valence electrons. The fourth-order valence-electron chi connectivity index (χ4n) is 2.48. The van der Waals surface area contributed by atoms with Crippen molar-refractivity contribution in [3.8, 4) is 0 Å². The molecule has 0 radical (unpaired) electrons.